The van der Waals surface area contributed by atoms with E-state index in [0.29, 0.717) is 30.0 Å². The minimum Gasteiger partial charge on any atom is -0.316 e. The zero-order valence-electron chi connectivity index (χ0n) is 18.5. The molecule has 1 heterocycles. The number of carbonyl (C=O) groups is 1. The Kier molecular flexibility index (Phi) is 7.97. The van der Waals surface area contributed by atoms with Gasteiger partial charge in [0.25, 0.3) is 5.91 Å². The highest BCUT2D eigenvalue weighted by Gasteiger charge is 2.22. The Balaban J connectivity index is 1.93. The van der Waals surface area contributed by atoms with E-state index < -0.39 is 15.9 Å². The van der Waals surface area contributed by atoms with Gasteiger partial charge in [-0.1, -0.05) is 38.5 Å². The van der Waals surface area contributed by atoms with E-state index in [1.165, 1.54) is 52.0 Å². The summed E-state index contributed by atoms with van der Waals surface area (Å²) >= 11 is 1.26. The van der Waals surface area contributed by atoms with Gasteiger partial charge in [-0.05, 0) is 55.3 Å². The molecular formula is C23H28FN3O3S2. The fourth-order valence-electron chi connectivity index (χ4n) is 3.42. The van der Waals surface area contributed by atoms with E-state index in [0.717, 1.165) is 29.5 Å². The Morgan fingerprint density at radius 2 is 1.81 bits per heavy atom. The average molecular weight is 478 g/mol. The number of fused-ring (bicyclic) bond motifs is 1. The number of halogens is 1. The van der Waals surface area contributed by atoms with Crippen molar-refractivity contribution in [3.8, 4) is 0 Å². The zero-order valence-corrected chi connectivity index (χ0v) is 20.2. The van der Waals surface area contributed by atoms with E-state index in [1.807, 2.05) is 25.3 Å². The lowest BCUT2D eigenvalue weighted by atomic mass is 10.2. The van der Waals surface area contributed by atoms with Crippen molar-refractivity contribution in [1.29, 1.82) is 0 Å². The minimum atomic E-state index is -3.61. The standard InChI is InChI=1S/C23H28FN3O3S2/c1-4-7-15-26(6-3)32(29,30)19-11-8-17(9-12-19)22(28)25-23-27(14-5-2)20-13-10-18(24)16-21(20)31-23/h8-13,16H,4-7,14-15H2,1-3H3. The van der Waals surface area contributed by atoms with Crippen molar-refractivity contribution in [2.24, 2.45) is 4.99 Å². The van der Waals surface area contributed by atoms with Crippen LogP contribution in [0.5, 0.6) is 0 Å². The summed E-state index contributed by atoms with van der Waals surface area (Å²) in [6.07, 6.45) is 2.53. The summed E-state index contributed by atoms with van der Waals surface area (Å²) in [5, 5.41) is 0. The summed E-state index contributed by atoms with van der Waals surface area (Å²) < 4.78 is 43.4. The van der Waals surface area contributed by atoms with Crippen LogP contribution in [0.1, 0.15) is 50.4 Å². The average Bonchev–Trinajstić information content (AvgIpc) is 3.10. The zero-order chi connectivity index (χ0) is 23.3. The fraction of sp³-hybridized carbons (Fsp3) is 0.391. The van der Waals surface area contributed by atoms with E-state index in [-0.39, 0.29) is 10.7 Å². The molecule has 2 aromatic carbocycles. The summed E-state index contributed by atoms with van der Waals surface area (Å²) in [5.74, 6) is -0.804. The molecule has 172 valence electrons. The maximum Gasteiger partial charge on any atom is 0.279 e. The van der Waals surface area contributed by atoms with Gasteiger partial charge in [0.15, 0.2) is 4.80 Å². The number of benzene rings is 2. The molecule has 6 nitrogen and oxygen atoms in total. The molecule has 0 N–H and O–H groups in total. The van der Waals surface area contributed by atoms with Gasteiger partial charge >= 0.3 is 0 Å². The number of amides is 1. The van der Waals surface area contributed by atoms with Crippen LogP contribution in [-0.2, 0) is 16.6 Å². The van der Waals surface area contributed by atoms with Gasteiger partial charge in [0.1, 0.15) is 5.82 Å². The van der Waals surface area contributed by atoms with E-state index in [1.54, 1.807) is 6.07 Å². The first kappa shape index (κ1) is 24.3. The second-order valence-corrected chi connectivity index (χ2v) is 10.4. The predicted molar refractivity (Wildman–Crippen MR) is 126 cm³/mol. The van der Waals surface area contributed by atoms with Crippen molar-refractivity contribution in [2.75, 3.05) is 13.1 Å². The van der Waals surface area contributed by atoms with Crippen LogP contribution in [0.25, 0.3) is 10.2 Å². The quantitative estimate of drug-likeness (QED) is 0.444. The molecular weight excluding hydrogens is 449 g/mol. The summed E-state index contributed by atoms with van der Waals surface area (Å²) in [7, 11) is -3.61. The first-order chi connectivity index (χ1) is 15.3. The highest BCUT2D eigenvalue weighted by atomic mass is 32.2. The largest absolute Gasteiger partial charge is 0.316 e. The van der Waals surface area contributed by atoms with Crippen molar-refractivity contribution in [3.05, 3.63) is 58.6 Å². The molecule has 3 rings (SSSR count). The maximum atomic E-state index is 13.6. The molecule has 0 radical (unpaired) electrons. The number of aryl methyl sites for hydroxylation is 1. The molecule has 0 fully saturated rings. The minimum absolute atomic E-state index is 0.158. The number of hydrogen-bond acceptors (Lipinski definition) is 4. The SMILES string of the molecule is CCCCN(CC)S(=O)(=O)c1ccc(C(=O)N=c2sc3cc(F)ccc3n2CCC)cc1. The molecule has 3 aromatic rings. The molecule has 0 atom stereocenters. The third-order valence-electron chi connectivity index (χ3n) is 5.14. The Hall–Kier alpha value is -2.36. The molecule has 32 heavy (non-hydrogen) atoms. The van der Waals surface area contributed by atoms with E-state index in [9.17, 15) is 17.6 Å². The number of nitrogens with zero attached hydrogens (tertiary/aromatic N) is 3. The summed E-state index contributed by atoms with van der Waals surface area (Å²) in [6, 6.07) is 10.4. The van der Waals surface area contributed by atoms with Crippen molar-refractivity contribution in [2.45, 2.75) is 51.5 Å². The highest BCUT2D eigenvalue weighted by molar-refractivity contribution is 7.89. The van der Waals surface area contributed by atoms with Crippen LogP contribution < -0.4 is 4.80 Å². The number of rotatable bonds is 9. The lowest BCUT2D eigenvalue weighted by Crippen LogP contribution is -2.31. The monoisotopic (exact) mass is 477 g/mol. The molecule has 0 saturated heterocycles. The van der Waals surface area contributed by atoms with Crippen LogP contribution in [0.2, 0.25) is 0 Å². The fourth-order valence-corrected chi connectivity index (χ4v) is 5.99. The topological polar surface area (TPSA) is 71.7 Å². The van der Waals surface area contributed by atoms with Crippen LogP contribution >= 0.6 is 11.3 Å². The van der Waals surface area contributed by atoms with Crippen LogP contribution in [0.4, 0.5) is 4.39 Å². The lowest BCUT2D eigenvalue weighted by molar-refractivity contribution is 0.0997. The number of sulfonamides is 1. The number of unbranched alkanes of at least 4 members (excludes halogenated alkanes) is 1. The predicted octanol–water partition coefficient (Wildman–Crippen LogP) is 4.80. The van der Waals surface area contributed by atoms with Crippen LogP contribution in [0, 0.1) is 5.82 Å². The number of hydrogen-bond donors (Lipinski definition) is 0. The Labute approximate surface area is 192 Å². The molecule has 9 heteroatoms. The van der Waals surface area contributed by atoms with Crippen molar-refractivity contribution >= 4 is 37.5 Å². The Bertz CT molecular complexity index is 1260. The van der Waals surface area contributed by atoms with Crippen molar-refractivity contribution < 1.29 is 17.6 Å². The molecule has 0 aliphatic heterocycles. The van der Waals surface area contributed by atoms with Gasteiger partial charge in [-0.3, -0.25) is 4.79 Å². The van der Waals surface area contributed by atoms with Gasteiger partial charge in [-0.2, -0.15) is 9.30 Å². The van der Waals surface area contributed by atoms with Gasteiger partial charge < -0.3 is 4.57 Å². The second-order valence-electron chi connectivity index (χ2n) is 7.44. The molecule has 0 unspecified atom stereocenters. The molecule has 0 aliphatic rings. The molecule has 0 spiro atoms. The molecule has 1 amide bonds. The lowest BCUT2D eigenvalue weighted by Gasteiger charge is -2.20. The summed E-state index contributed by atoms with van der Waals surface area (Å²) in [5.41, 5.74) is 1.13. The van der Waals surface area contributed by atoms with Gasteiger partial charge in [0.2, 0.25) is 10.0 Å². The molecule has 1 aromatic heterocycles. The summed E-state index contributed by atoms with van der Waals surface area (Å²) in [4.78, 5) is 17.7. The first-order valence-electron chi connectivity index (χ1n) is 10.8. The Morgan fingerprint density at radius 1 is 1.09 bits per heavy atom. The van der Waals surface area contributed by atoms with Gasteiger partial charge in [-0.15, -0.1) is 0 Å². The van der Waals surface area contributed by atoms with E-state index >= 15 is 0 Å². The van der Waals surface area contributed by atoms with Gasteiger partial charge in [0.05, 0.1) is 15.1 Å². The number of carbonyl (C=O) groups excluding carboxylic acids is 1. The third kappa shape index (κ3) is 5.16. The highest BCUT2D eigenvalue weighted by Crippen LogP contribution is 2.20. The van der Waals surface area contributed by atoms with Crippen molar-refractivity contribution in [3.63, 3.8) is 0 Å². The summed E-state index contributed by atoms with van der Waals surface area (Å²) in [6.45, 7) is 7.36. The van der Waals surface area contributed by atoms with Crippen LogP contribution in [0.3, 0.4) is 0 Å². The molecule has 0 saturated carbocycles. The second kappa shape index (κ2) is 10.5. The van der Waals surface area contributed by atoms with Crippen molar-refractivity contribution in [1.82, 2.24) is 8.87 Å². The number of thiazole rings is 1. The van der Waals surface area contributed by atoms with E-state index in [4.69, 9.17) is 0 Å². The van der Waals surface area contributed by atoms with Gasteiger partial charge in [-0.25, -0.2) is 12.8 Å². The van der Waals surface area contributed by atoms with E-state index in [2.05, 4.69) is 4.99 Å². The van der Waals surface area contributed by atoms with Gasteiger partial charge in [0, 0.05) is 25.2 Å². The number of aromatic nitrogens is 1. The Morgan fingerprint density at radius 3 is 2.44 bits per heavy atom. The normalized spacial score (nSPS) is 12.7. The maximum absolute atomic E-state index is 13.6. The molecule has 0 aliphatic carbocycles. The third-order valence-corrected chi connectivity index (χ3v) is 8.17. The van der Waals surface area contributed by atoms with Crippen LogP contribution in [0.15, 0.2) is 52.4 Å². The smallest absolute Gasteiger partial charge is 0.279 e. The first-order valence-corrected chi connectivity index (χ1v) is 13.1. The molecule has 0 bridgehead atoms. The van der Waals surface area contributed by atoms with Crippen LogP contribution in [-0.4, -0.2) is 36.3 Å².